The van der Waals surface area contributed by atoms with Gasteiger partial charge in [0.25, 0.3) is 0 Å². The van der Waals surface area contributed by atoms with E-state index in [1.54, 1.807) is 25.1 Å². The molecule has 0 aromatic heterocycles. The van der Waals surface area contributed by atoms with Crippen molar-refractivity contribution in [2.75, 3.05) is 11.1 Å². The van der Waals surface area contributed by atoms with Crippen molar-refractivity contribution in [2.24, 2.45) is 0 Å². The van der Waals surface area contributed by atoms with Crippen LogP contribution in [0.2, 0.25) is 0 Å². The maximum Gasteiger partial charge on any atom is 0.180 e. The maximum absolute atomic E-state index is 12.2. The monoisotopic (exact) mass is 323 g/mol. The molecule has 2 aromatic carbocycles. The van der Waals surface area contributed by atoms with Crippen LogP contribution < -0.4 is 5.32 Å². The Morgan fingerprint density at radius 2 is 1.62 bits per heavy atom. The smallest absolute Gasteiger partial charge is 0.180 e. The minimum atomic E-state index is -3.28. The number of sulfone groups is 1. The lowest BCUT2D eigenvalue weighted by atomic mass is 10.1. The van der Waals surface area contributed by atoms with Gasteiger partial charge in [0, 0.05) is 5.69 Å². The Hall–Kier alpha value is -1.52. The van der Waals surface area contributed by atoms with Gasteiger partial charge in [-0.1, -0.05) is 37.3 Å². The average Bonchev–Trinajstić information content (AvgIpc) is 2.48. The summed E-state index contributed by atoms with van der Waals surface area (Å²) in [7, 11) is -3.28. The fourth-order valence-electron chi connectivity index (χ4n) is 2.10. The molecule has 21 heavy (non-hydrogen) atoms. The maximum atomic E-state index is 12.2. The van der Waals surface area contributed by atoms with E-state index in [0.717, 1.165) is 11.3 Å². The molecular formula is C16H18ClNO2S. The molecule has 0 aliphatic heterocycles. The summed E-state index contributed by atoms with van der Waals surface area (Å²) in [4.78, 5) is 0.310. The number of halogens is 1. The van der Waals surface area contributed by atoms with Crippen molar-refractivity contribution < 1.29 is 8.42 Å². The lowest BCUT2D eigenvalue weighted by Crippen LogP contribution is -2.07. The third-order valence-electron chi connectivity index (χ3n) is 3.26. The number of benzene rings is 2. The van der Waals surface area contributed by atoms with Crippen molar-refractivity contribution in [1.29, 1.82) is 0 Å². The molecule has 0 aliphatic carbocycles. The van der Waals surface area contributed by atoms with E-state index in [-0.39, 0.29) is 11.1 Å². The van der Waals surface area contributed by atoms with Crippen LogP contribution in [0, 0.1) is 0 Å². The summed E-state index contributed by atoms with van der Waals surface area (Å²) in [5, 5.41) is 3.04. The first kappa shape index (κ1) is 15.9. The summed E-state index contributed by atoms with van der Waals surface area (Å²) in [6.45, 7) is 3.53. The number of rotatable bonds is 5. The van der Waals surface area contributed by atoms with E-state index in [4.69, 9.17) is 11.6 Å². The molecule has 0 saturated heterocycles. The van der Waals surface area contributed by atoms with E-state index in [0.29, 0.717) is 10.6 Å². The molecule has 0 saturated carbocycles. The van der Waals surface area contributed by atoms with Gasteiger partial charge in [0.15, 0.2) is 9.84 Å². The standard InChI is InChI=1S/C16H18ClNO2S/c1-3-21(19,20)16-11-7-6-10-15(16)18-14-9-5-4-8-13(14)12(2)17/h4-12,18H,3H2,1-2H3. The van der Waals surface area contributed by atoms with Crippen LogP contribution in [0.15, 0.2) is 53.4 Å². The largest absolute Gasteiger partial charge is 0.354 e. The molecule has 112 valence electrons. The molecule has 0 bridgehead atoms. The molecule has 0 amide bonds. The zero-order valence-corrected chi connectivity index (χ0v) is 13.6. The zero-order chi connectivity index (χ0) is 15.5. The summed E-state index contributed by atoms with van der Waals surface area (Å²) in [5.41, 5.74) is 2.32. The van der Waals surface area contributed by atoms with Gasteiger partial charge in [-0.2, -0.15) is 0 Å². The van der Waals surface area contributed by atoms with Crippen molar-refractivity contribution in [2.45, 2.75) is 24.1 Å². The predicted octanol–water partition coefficient (Wildman–Crippen LogP) is 4.52. The lowest BCUT2D eigenvalue weighted by Gasteiger charge is -2.16. The molecule has 0 spiro atoms. The number of anilines is 2. The Morgan fingerprint density at radius 3 is 2.24 bits per heavy atom. The van der Waals surface area contributed by atoms with Crippen LogP contribution in [0.1, 0.15) is 24.8 Å². The van der Waals surface area contributed by atoms with Gasteiger partial charge in [0.05, 0.1) is 21.7 Å². The Bertz CT molecular complexity index is 727. The van der Waals surface area contributed by atoms with E-state index < -0.39 is 9.84 Å². The molecule has 5 heteroatoms. The predicted molar refractivity (Wildman–Crippen MR) is 88.2 cm³/mol. The minimum Gasteiger partial charge on any atom is -0.354 e. The van der Waals surface area contributed by atoms with E-state index in [1.165, 1.54) is 0 Å². The molecule has 2 aromatic rings. The number of nitrogens with one attached hydrogen (secondary N) is 1. The minimum absolute atomic E-state index is 0.0687. The first-order valence-corrected chi connectivity index (χ1v) is 8.86. The Kier molecular flexibility index (Phi) is 4.91. The second-order valence-corrected chi connectivity index (χ2v) is 7.63. The highest BCUT2D eigenvalue weighted by Crippen LogP contribution is 2.32. The van der Waals surface area contributed by atoms with Gasteiger partial charge in [0.2, 0.25) is 0 Å². The third kappa shape index (κ3) is 3.57. The summed E-state index contributed by atoms with van der Waals surface area (Å²) in [6, 6.07) is 14.5. The molecule has 1 atom stereocenters. The van der Waals surface area contributed by atoms with Crippen molar-refractivity contribution in [3.63, 3.8) is 0 Å². The van der Waals surface area contributed by atoms with Crippen molar-refractivity contribution in [3.8, 4) is 0 Å². The zero-order valence-electron chi connectivity index (χ0n) is 12.0. The van der Waals surface area contributed by atoms with Gasteiger partial charge in [0.1, 0.15) is 0 Å². The number of hydrogen-bond donors (Lipinski definition) is 1. The van der Waals surface area contributed by atoms with Gasteiger partial charge in [-0.15, -0.1) is 11.6 Å². The fraction of sp³-hybridized carbons (Fsp3) is 0.250. The van der Waals surface area contributed by atoms with Crippen LogP contribution >= 0.6 is 11.6 Å². The van der Waals surface area contributed by atoms with Gasteiger partial charge >= 0.3 is 0 Å². The normalized spacial score (nSPS) is 12.9. The summed E-state index contributed by atoms with van der Waals surface area (Å²) < 4.78 is 24.3. The number of para-hydroxylation sites is 2. The summed E-state index contributed by atoms with van der Waals surface area (Å²) >= 11 is 6.17. The highest BCUT2D eigenvalue weighted by Gasteiger charge is 2.17. The van der Waals surface area contributed by atoms with Crippen molar-refractivity contribution in [1.82, 2.24) is 0 Å². The molecule has 0 fully saturated rings. The molecule has 0 heterocycles. The highest BCUT2D eigenvalue weighted by molar-refractivity contribution is 7.91. The van der Waals surface area contributed by atoms with Gasteiger partial charge in [-0.25, -0.2) is 8.42 Å². The molecular weight excluding hydrogens is 306 g/mol. The highest BCUT2D eigenvalue weighted by atomic mass is 35.5. The molecule has 3 nitrogen and oxygen atoms in total. The van der Waals surface area contributed by atoms with Crippen LogP contribution in [0.4, 0.5) is 11.4 Å². The first-order valence-electron chi connectivity index (χ1n) is 6.77. The van der Waals surface area contributed by atoms with Gasteiger partial charge in [-0.05, 0) is 30.7 Å². The topological polar surface area (TPSA) is 46.2 Å². The molecule has 1 N–H and O–H groups in total. The van der Waals surface area contributed by atoms with Gasteiger partial charge < -0.3 is 5.32 Å². The van der Waals surface area contributed by atoms with Crippen LogP contribution in [-0.2, 0) is 9.84 Å². The third-order valence-corrected chi connectivity index (χ3v) is 5.28. The quantitative estimate of drug-likeness (QED) is 0.823. The van der Waals surface area contributed by atoms with E-state index in [1.807, 2.05) is 37.3 Å². The van der Waals surface area contributed by atoms with Crippen LogP contribution in [0.25, 0.3) is 0 Å². The summed E-state index contributed by atoms with van der Waals surface area (Å²) in [6.07, 6.45) is 0. The van der Waals surface area contributed by atoms with E-state index >= 15 is 0 Å². The molecule has 0 aliphatic rings. The SMILES string of the molecule is CCS(=O)(=O)c1ccccc1Nc1ccccc1C(C)Cl. The second kappa shape index (κ2) is 6.50. The summed E-state index contributed by atoms with van der Waals surface area (Å²) in [5.74, 6) is 0.0687. The van der Waals surface area contributed by atoms with Crippen molar-refractivity contribution >= 4 is 32.8 Å². The molecule has 2 rings (SSSR count). The molecule has 1 unspecified atom stereocenters. The lowest BCUT2D eigenvalue weighted by molar-refractivity contribution is 0.597. The van der Waals surface area contributed by atoms with Crippen molar-refractivity contribution in [3.05, 3.63) is 54.1 Å². The first-order chi connectivity index (χ1) is 9.95. The van der Waals surface area contributed by atoms with E-state index in [9.17, 15) is 8.42 Å². The second-order valence-electron chi connectivity index (χ2n) is 4.73. The fourth-order valence-corrected chi connectivity index (χ4v) is 3.34. The Balaban J connectivity index is 2.47. The van der Waals surface area contributed by atoms with Crippen LogP contribution in [0.5, 0.6) is 0 Å². The van der Waals surface area contributed by atoms with Crippen LogP contribution in [-0.4, -0.2) is 14.2 Å². The van der Waals surface area contributed by atoms with Gasteiger partial charge in [-0.3, -0.25) is 0 Å². The van der Waals surface area contributed by atoms with E-state index in [2.05, 4.69) is 5.32 Å². The van der Waals surface area contributed by atoms with Crippen LogP contribution in [0.3, 0.4) is 0 Å². The number of hydrogen-bond acceptors (Lipinski definition) is 3. The average molecular weight is 324 g/mol. The number of alkyl halides is 1. The Morgan fingerprint density at radius 1 is 1.05 bits per heavy atom. The Labute approximate surface area is 130 Å². The molecule has 0 radical (unpaired) electrons.